The first-order valence-corrected chi connectivity index (χ1v) is 5.71. The van der Waals surface area contributed by atoms with Gasteiger partial charge in [-0.25, -0.2) is 9.59 Å². The van der Waals surface area contributed by atoms with Gasteiger partial charge in [-0.1, -0.05) is 17.3 Å². The van der Waals surface area contributed by atoms with Crippen LogP contribution in [0.15, 0.2) is 24.3 Å². The molecule has 2 amide bonds. The number of nitrogens with one attached hydrogen (secondary N) is 3. The predicted molar refractivity (Wildman–Crippen MR) is 66.7 cm³/mol. The lowest BCUT2D eigenvalue weighted by Gasteiger charge is -2.06. The first kappa shape index (κ1) is 13.5. The van der Waals surface area contributed by atoms with Crippen molar-refractivity contribution < 1.29 is 14.7 Å². The Morgan fingerprint density at radius 1 is 1.15 bits per heavy atom. The molecule has 0 fully saturated rings. The SMILES string of the molecule is O=C(NCc1ccc(C(=O)O)cc1)NCc1nn[nH]n1. The third-order valence-electron chi connectivity index (χ3n) is 2.45. The molecule has 0 saturated carbocycles. The second-order valence-corrected chi connectivity index (χ2v) is 3.87. The largest absolute Gasteiger partial charge is 0.478 e. The molecule has 4 N–H and O–H groups in total. The van der Waals surface area contributed by atoms with Crippen LogP contribution in [0.1, 0.15) is 21.7 Å². The van der Waals surface area contributed by atoms with E-state index in [0.29, 0.717) is 5.82 Å². The van der Waals surface area contributed by atoms with Gasteiger partial charge in [-0.05, 0) is 17.7 Å². The molecule has 0 aliphatic heterocycles. The van der Waals surface area contributed by atoms with E-state index in [1.165, 1.54) is 12.1 Å². The number of carboxylic acids is 1. The van der Waals surface area contributed by atoms with E-state index in [2.05, 4.69) is 31.3 Å². The van der Waals surface area contributed by atoms with Crippen LogP contribution in [0.4, 0.5) is 4.79 Å². The van der Waals surface area contributed by atoms with Gasteiger partial charge in [0.15, 0.2) is 5.82 Å². The molecule has 20 heavy (non-hydrogen) atoms. The number of H-pyrrole nitrogens is 1. The van der Waals surface area contributed by atoms with E-state index in [9.17, 15) is 9.59 Å². The molecule has 0 aliphatic rings. The lowest BCUT2D eigenvalue weighted by atomic mass is 10.1. The van der Waals surface area contributed by atoms with E-state index in [1.54, 1.807) is 12.1 Å². The quantitative estimate of drug-likeness (QED) is 0.602. The molecule has 0 aliphatic carbocycles. The minimum absolute atomic E-state index is 0.167. The van der Waals surface area contributed by atoms with Crippen molar-refractivity contribution in [2.45, 2.75) is 13.1 Å². The number of aromatic nitrogens is 4. The van der Waals surface area contributed by atoms with Crippen LogP contribution in [-0.2, 0) is 13.1 Å². The standard InChI is InChI=1S/C11H12N6O3/c18-10(19)8-3-1-7(2-4-8)5-12-11(20)13-6-9-14-16-17-15-9/h1-4H,5-6H2,(H,18,19)(H2,12,13,20)(H,14,15,16,17). The molecule has 9 heteroatoms. The van der Waals surface area contributed by atoms with Gasteiger partial charge < -0.3 is 15.7 Å². The smallest absolute Gasteiger partial charge is 0.335 e. The van der Waals surface area contributed by atoms with Gasteiger partial charge in [0.1, 0.15) is 0 Å². The van der Waals surface area contributed by atoms with E-state index < -0.39 is 5.97 Å². The Morgan fingerprint density at radius 3 is 2.45 bits per heavy atom. The highest BCUT2D eigenvalue weighted by molar-refractivity contribution is 5.87. The van der Waals surface area contributed by atoms with E-state index in [-0.39, 0.29) is 24.7 Å². The summed E-state index contributed by atoms with van der Waals surface area (Å²) >= 11 is 0. The van der Waals surface area contributed by atoms with Gasteiger partial charge in [-0.2, -0.15) is 5.21 Å². The van der Waals surface area contributed by atoms with Crippen molar-refractivity contribution in [3.8, 4) is 0 Å². The number of tetrazole rings is 1. The van der Waals surface area contributed by atoms with Crippen molar-refractivity contribution in [1.82, 2.24) is 31.3 Å². The fraction of sp³-hybridized carbons (Fsp3) is 0.182. The number of aromatic carboxylic acids is 1. The first-order valence-electron chi connectivity index (χ1n) is 5.71. The number of urea groups is 1. The molecule has 1 aromatic carbocycles. The Morgan fingerprint density at radius 2 is 1.85 bits per heavy atom. The number of hydrogen-bond donors (Lipinski definition) is 4. The zero-order chi connectivity index (χ0) is 14.4. The molecule has 1 aromatic heterocycles. The molecule has 0 spiro atoms. The maximum absolute atomic E-state index is 11.5. The van der Waals surface area contributed by atoms with Gasteiger partial charge in [-0.3, -0.25) is 0 Å². The normalized spacial score (nSPS) is 10.0. The number of carboxylic acid groups (broad SMARTS) is 1. The van der Waals surface area contributed by atoms with Crippen LogP contribution < -0.4 is 10.6 Å². The van der Waals surface area contributed by atoms with Crippen LogP contribution in [0.5, 0.6) is 0 Å². The fourth-order valence-electron chi connectivity index (χ4n) is 1.43. The zero-order valence-electron chi connectivity index (χ0n) is 10.3. The third kappa shape index (κ3) is 3.77. The molecule has 0 atom stereocenters. The molecule has 0 saturated heterocycles. The number of hydrogen-bond acceptors (Lipinski definition) is 5. The minimum Gasteiger partial charge on any atom is -0.478 e. The maximum atomic E-state index is 11.5. The van der Waals surface area contributed by atoms with E-state index in [1.807, 2.05) is 0 Å². The molecule has 1 heterocycles. The second kappa shape index (κ2) is 6.27. The minimum atomic E-state index is -0.984. The van der Waals surface area contributed by atoms with Gasteiger partial charge >= 0.3 is 12.0 Å². The lowest BCUT2D eigenvalue weighted by Crippen LogP contribution is -2.34. The van der Waals surface area contributed by atoms with Gasteiger partial charge in [-0.15, -0.1) is 10.2 Å². The highest BCUT2D eigenvalue weighted by Crippen LogP contribution is 2.04. The fourth-order valence-corrected chi connectivity index (χ4v) is 1.43. The Labute approximate surface area is 113 Å². The molecule has 2 rings (SSSR count). The summed E-state index contributed by atoms with van der Waals surface area (Å²) in [5, 5.41) is 26.9. The molecular formula is C11H12N6O3. The van der Waals surface area contributed by atoms with Crippen molar-refractivity contribution in [2.24, 2.45) is 0 Å². The van der Waals surface area contributed by atoms with Gasteiger partial charge in [0.25, 0.3) is 0 Å². The van der Waals surface area contributed by atoms with Crippen molar-refractivity contribution >= 4 is 12.0 Å². The molecule has 9 nitrogen and oxygen atoms in total. The summed E-state index contributed by atoms with van der Waals surface area (Å²) < 4.78 is 0. The Kier molecular flexibility index (Phi) is 4.22. The predicted octanol–water partition coefficient (Wildman–Crippen LogP) is -0.103. The van der Waals surface area contributed by atoms with Crippen molar-refractivity contribution in [3.63, 3.8) is 0 Å². The Hall–Kier alpha value is -2.97. The Bertz CT molecular complexity index is 581. The van der Waals surface area contributed by atoms with E-state index in [4.69, 9.17) is 5.11 Å². The van der Waals surface area contributed by atoms with E-state index in [0.717, 1.165) is 5.56 Å². The highest BCUT2D eigenvalue weighted by Gasteiger charge is 2.04. The van der Waals surface area contributed by atoms with Crippen LogP contribution in [-0.4, -0.2) is 37.7 Å². The first-order chi connectivity index (χ1) is 9.65. The van der Waals surface area contributed by atoms with Crippen LogP contribution >= 0.6 is 0 Å². The molecule has 2 aromatic rings. The molecule has 0 radical (unpaired) electrons. The van der Waals surface area contributed by atoms with Crippen LogP contribution in [0, 0.1) is 0 Å². The average Bonchev–Trinajstić information content (AvgIpc) is 2.96. The number of carbonyl (C=O) groups excluding carboxylic acids is 1. The van der Waals surface area contributed by atoms with Crippen LogP contribution in [0.25, 0.3) is 0 Å². The summed E-state index contributed by atoms with van der Waals surface area (Å²) in [6, 6.07) is 5.87. The van der Waals surface area contributed by atoms with E-state index >= 15 is 0 Å². The molecular weight excluding hydrogens is 264 g/mol. The summed E-state index contributed by atoms with van der Waals surface area (Å²) in [7, 11) is 0. The van der Waals surface area contributed by atoms with Crippen molar-refractivity contribution in [2.75, 3.05) is 0 Å². The molecule has 0 bridgehead atoms. The second-order valence-electron chi connectivity index (χ2n) is 3.87. The van der Waals surface area contributed by atoms with Crippen LogP contribution in [0.2, 0.25) is 0 Å². The summed E-state index contributed by atoms with van der Waals surface area (Å²) in [6.45, 7) is 0.457. The summed E-state index contributed by atoms with van der Waals surface area (Å²) in [5.74, 6) is -0.603. The number of aromatic amines is 1. The number of amides is 2. The zero-order valence-corrected chi connectivity index (χ0v) is 10.3. The third-order valence-corrected chi connectivity index (χ3v) is 2.45. The summed E-state index contributed by atoms with van der Waals surface area (Å²) in [4.78, 5) is 22.2. The summed E-state index contributed by atoms with van der Waals surface area (Å²) in [5.41, 5.74) is 1.00. The molecule has 104 valence electrons. The molecule has 0 unspecified atom stereocenters. The summed E-state index contributed by atoms with van der Waals surface area (Å²) in [6.07, 6.45) is 0. The number of rotatable bonds is 5. The van der Waals surface area contributed by atoms with Gasteiger partial charge in [0.05, 0.1) is 12.1 Å². The average molecular weight is 276 g/mol. The van der Waals surface area contributed by atoms with Crippen molar-refractivity contribution in [3.05, 3.63) is 41.2 Å². The highest BCUT2D eigenvalue weighted by atomic mass is 16.4. The van der Waals surface area contributed by atoms with Gasteiger partial charge in [0, 0.05) is 6.54 Å². The maximum Gasteiger partial charge on any atom is 0.335 e. The number of nitrogens with zero attached hydrogens (tertiary/aromatic N) is 3. The number of benzene rings is 1. The topological polar surface area (TPSA) is 133 Å². The Balaban J connectivity index is 1.76. The van der Waals surface area contributed by atoms with Crippen LogP contribution in [0.3, 0.4) is 0 Å². The van der Waals surface area contributed by atoms with Crippen molar-refractivity contribution in [1.29, 1.82) is 0 Å². The lowest BCUT2D eigenvalue weighted by molar-refractivity contribution is 0.0697. The van der Waals surface area contributed by atoms with Gasteiger partial charge in [0.2, 0.25) is 0 Å². The monoisotopic (exact) mass is 276 g/mol. The number of carbonyl (C=O) groups is 2.